The van der Waals surface area contributed by atoms with Crippen LogP contribution in [-0.2, 0) is 28.8 Å². The molecule has 0 spiro atoms. The molecule has 21 nitrogen and oxygen atoms in total. The first kappa shape index (κ1) is 43.3. The van der Waals surface area contributed by atoms with Crippen molar-refractivity contribution < 1.29 is 53.1 Å². The van der Waals surface area contributed by atoms with E-state index in [1.165, 1.54) is 33.7 Å². The highest BCUT2D eigenvalue weighted by molar-refractivity contribution is 8.02. The van der Waals surface area contributed by atoms with Gasteiger partial charge in [-0.15, -0.1) is 23.5 Å². The standard InChI is InChI=1S/C40H44N10O11S2/c1-39(2)25(49-29(53)22(32(49)62-39)43-27(51)21(19-11-7-5-8-12-19)45-37(60)46-17-15-41-35(46)58)31(55)48(38(61)47-18-16-42-36(47)59)24(20-13-9-6-10-14-20)28(52)44-23-30(54)50-26(34(56)57)40(3,4)63-33(23)50/h5-14,21-26,32-33H,15-18H2,1-4H3,(H,41,58)(H,42,59)(H,43,51)(H,44,52)(H,45,60)(H,56,57)/t21-,22-,23-,24?,25+,26?,32-,33-/m1/s1. The fourth-order valence-electron chi connectivity index (χ4n) is 8.87. The first-order valence-corrected chi connectivity index (χ1v) is 21.8. The number of fused-ring (bicyclic) bond motifs is 2. The molecular weight excluding hydrogens is 861 g/mol. The van der Waals surface area contributed by atoms with Crippen LogP contribution in [0.2, 0.25) is 0 Å². The maximum Gasteiger partial charge on any atom is 0.335 e. The van der Waals surface area contributed by atoms with Crippen LogP contribution in [0.1, 0.15) is 50.9 Å². The Labute approximate surface area is 368 Å². The Balaban J connectivity index is 1.08. The van der Waals surface area contributed by atoms with Gasteiger partial charge in [-0.25, -0.2) is 38.7 Å². The lowest BCUT2D eigenvalue weighted by atomic mass is 9.92. The largest absolute Gasteiger partial charge is 0.480 e. The molecule has 6 N–H and O–H groups in total. The summed E-state index contributed by atoms with van der Waals surface area (Å²) in [4.78, 5) is 142. The van der Waals surface area contributed by atoms with Crippen molar-refractivity contribution in [3.05, 3.63) is 71.8 Å². The number of carbonyl (C=O) groups excluding carboxylic acids is 9. The van der Waals surface area contributed by atoms with Crippen LogP contribution in [0.4, 0.5) is 19.2 Å². The van der Waals surface area contributed by atoms with Gasteiger partial charge in [-0.2, -0.15) is 0 Å². The summed E-state index contributed by atoms with van der Waals surface area (Å²) in [5, 5.41) is 21.3. The molecular formula is C40H44N10O11S2. The first-order valence-electron chi connectivity index (χ1n) is 20.1. The summed E-state index contributed by atoms with van der Waals surface area (Å²) in [6, 6.07) is 4.28. The molecule has 0 radical (unpaired) electrons. The van der Waals surface area contributed by atoms with Crippen LogP contribution in [0.3, 0.4) is 0 Å². The van der Waals surface area contributed by atoms with Crippen molar-refractivity contribution in [2.45, 2.75) is 84.2 Å². The quantitative estimate of drug-likeness (QED) is 0.176. The lowest BCUT2D eigenvalue weighted by Crippen LogP contribution is -2.73. The van der Waals surface area contributed by atoms with Crippen molar-refractivity contribution in [1.82, 2.24) is 51.1 Å². The molecule has 0 aromatic heterocycles. The SMILES string of the molecule is CC1(C)S[C@@H]2[C@H](NC(=O)C(c3ccccc3)N(C(=O)[C@@H]3N4C(=O)[C@@H](NC(=O)[C@H](NC(=O)N5CCNC5=O)c5ccccc5)[C@H]4SC3(C)C)C(=O)N3CCNC3=O)C(=O)N2C1C(=O)O. The second kappa shape index (κ2) is 16.1. The topological polar surface area (TPSA) is 267 Å². The third-order valence-corrected chi connectivity index (χ3v) is 15.0. The van der Waals surface area contributed by atoms with E-state index in [1.807, 2.05) is 0 Å². The average molecular weight is 905 g/mol. The minimum absolute atomic E-state index is 0.0507. The van der Waals surface area contributed by atoms with Gasteiger partial charge in [0.1, 0.15) is 47.0 Å². The number of amides is 13. The van der Waals surface area contributed by atoms with Crippen LogP contribution in [0.25, 0.3) is 0 Å². The zero-order chi connectivity index (χ0) is 45.3. The number of carboxylic acid groups (broad SMARTS) is 1. The van der Waals surface area contributed by atoms with Crippen LogP contribution in [-0.4, -0.2) is 160 Å². The summed E-state index contributed by atoms with van der Waals surface area (Å²) < 4.78 is -2.10. The predicted molar refractivity (Wildman–Crippen MR) is 223 cm³/mol. The van der Waals surface area contributed by atoms with E-state index >= 15 is 4.79 Å². The van der Waals surface area contributed by atoms with E-state index in [2.05, 4.69) is 26.6 Å². The number of imide groups is 3. The van der Waals surface area contributed by atoms with E-state index in [4.69, 9.17) is 0 Å². The van der Waals surface area contributed by atoms with Gasteiger partial charge in [0.2, 0.25) is 23.6 Å². The Morgan fingerprint density at radius 2 is 1.17 bits per heavy atom. The number of nitrogens with one attached hydrogen (secondary N) is 5. The Hall–Kier alpha value is -6.36. The molecule has 8 rings (SSSR count). The highest BCUT2D eigenvalue weighted by atomic mass is 32.2. The summed E-state index contributed by atoms with van der Waals surface area (Å²) in [6.07, 6.45) is 0. The van der Waals surface area contributed by atoms with E-state index in [9.17, 15) is 48.3 Å². The number of urea groups is 4. The molecule has 0 saturated carbocycles. The highest BCUT2D eigenvalue weighted by Crippen LogP contribution is 2.53. The van der Waals surface area contributed by atoms with Crippen molar-refractivity contribution in [2.24, 2.45) is 0 Å². The highest BCUT2D eigenvalue weighted by Gasteiger charge is 2.67. The van der Waals surface area contributed by atoms with Crippen LogP contribution in [0.5, 0.6) is 0 Å². The smallest absolute Gasteiger partial charge is 0.335 e. The third-order valence-electron chi connectivity index (χ3n) is 11.9. The number of nitrogens with zero attached hydrogens (tertiary/aromatic N) is 5. The molecule has 6 saturated heterocycles. The van der Waals surface area contributed by atoms with Gasteiger partial charge in [-0.1, -0.05) is 60.7 Å². The second-order valence-electron chi connectivity index (χ2n) is 16.7. The average Bonchev–Trinajstić information content (AvgIpc) is 4.00. The third kappa shape index (κ3) is 7.34. The Bertz CT molecular complexity index is 2320. The fourth-order valence-corrected chi connectivity index (χ4v) is 12.1. The molecule has 6 fully saturated rings. The van der Waals surface area contributed by atoms with E-state index in [0.717, 1.165) is 21.6 Å². The molecule has 23 heteroatoms. The van der Waals surface area contributed by atoms with Crippen LogP contribution >= 0.6 is 23.5 Å². The van der Waals surface area contributed by atoms with Crippen molar-refractivity contribution in [3.8, 4) is 0 Å². The van der Waals surface area contributed by atoms with E-state index in [1.54, 1.807) is 76.2 Å². The molecule has 2 aromatic rings. The fraction of sp³-hybridized carbons (Fsp3) is 0.450. The number of carbonyl (C=O) groups is 10. The summed E-state index contributed by atoms with van der Waals surface area (Å²) in [7, 11) is 0. The zero-order valence-corrected chi connectivity index (χ0v) is 35.9. The molecule has 6 heterocycles. The van der Waals surface area contributed by atoms with Gasteiger partial charge >= 0.3 is 30.1 Å². The van der Waals surface area contributed by atoms with Crippen LogP contribution in [0, 0.1) is 0 Å². The number of carboxylic acids is 1. The molecule has 63 heavy (non-hydrogen) atoms. The Kier molecular flexibility index (Phi) is 11.1. The van der Waals surface area contributed by atoms with E-state index in [-0.39, 0.29) is 31.7 Å². The molecule has 0 aliphatic carbocycles. The summed E-state index contributed by atoms with van der Waals surface area (Å²) in [6.45, 7) is 6.85. The minimum Gasteiger partial charge on any atom is -0.480 e. The Morgan fingerprint density at radius 1 is 0.698 bits per heavy atom. The van der Waals surface area contributed by atoms with Crippen LogP contribution < -0.4 is 26.6 Å². The first-order chi connectivity index (χ1) is 29.8. The lowest BCUT2D eigenvalue weighted by molar-refractivity contribution is -0.162. The molecule has 8 atom stereocenters. The maximum absolute atomic E-state index is 15.3. The lowest BCUT2D eigenvalue weighted by Gasteiger charge is -2.46. The number of benzene rings is 2. The number of thioether (sulfide) groups is 2. The van der Waals surface area contributed by atoms with Gasteiger partial charge < -0.3 is 41.5 Å². The zero-order valence-electron chi connectivity index (χ0n) is 34.3. The molecule has 13 amide bonds. The molecule has 2 unspecified atom stereocenters. The summed E-state index contributed by atoms with van der Waals surface area (Å²) in [5.41, 5.74) is 0.487. The minimum atomic E-state index is -1.80. The number of rotatable bonds is 10. The van der Waals surface area contributed by atoms with Gasteiger partial charge in [0.05, 0.1) is 0 Å². The number of aliphatic carboxylic acids is 1. The van der Waals surface area contributed by atoms with Crippen LogP contribution in [0.15, 0.2) is 60.7 Å². The van der Waals surface area contributed by atoms with Crippen molar-refractivity contribution in [2.75, 3.05) is 26.2 Å². The van der Waals surface area contributed by atoms with Gasteiger partial charge in [-0.3, -0.25) is 24.0 Å². The molecule has 6 aliphatic rings. The maximum atomic E-state index is 15.3. The number of β-lactam (4-membered cyclic amide) rings is 2. The van der Waals surface area contributed by atoms with E-state index < -0.39 is 116 Å². The molecule has 2 aromatic carbocycles. The summed E-state index contributed by atoms with van der Waals surface area (Å²) in [5.74, 6) is -5.36. The number of hydrogen-bond acceptors (Lipinski definition) is 12. The second-order valence-corrected chi connectivity index (χ2v) is 20.2. The van der Waals surface area contributed by atoms with Crippen molar-refractivity contribution in [3.63, 3.8) is 0 Å². The van der Waals surface area contributed by atoms with Gasteiger partial charge in [0.25, 0.3) is 5.91 Å². The normalized spacial score (nSPS) is 27.2. The predicted octanol–water partition coefficient (Wildman–Crippen LogP) is 0.356. The van der Waals surface area contributed by atoms with Gasteiger partial charge in [-0.05, 0) is 38.8 Å². The van der Waals surface area contributed by atoms with E-state index in [0.29, 0.717) is 10.5 Å². The summed E-state index contributed by atoms with van der Waals surface area (Å²) >= 11 is 2.34. The molecule has 0 bridgehead atoms. The molecule has 332 valence electrons. The molecule has 6 aliphatic heterocycles. The Morgan fingerprint density at radius 3 is 1.68 bits per heavy atom. The van der Waals surface area contributed by atoms with Gasteiger partial charge in [0.15, 0.2) is 0 Å². The number of hydrogen-bond donors (Lipinski definition) is 6. The van der Waals surface area contributed by atoms with Crippen molar-refractivity contribution >= 4 is 83.2 Å². The van der Waals surface area contributed by atoms with Gasteiger partial charge in [0, 0.05) is 35.7 Å². The van der Waals surface area contributed by atoms with Crippen molar-refractivity contribution in [1.29, 1.82) is 0 Å². The monoisotopic (exact) mass is 904 g/mol.